The van der Waals surface area contributed by atoms with Gasteiger partial charge in [-0.15, -0.1) is 0 Å². The predicted octanol–water partition coefficient (Wildman–Crippen LogP) is 2.10. The van der Waals surface area contributed by atoms with E-state index in [1.807, 2.05) is 30.5 Å². The van der Waals surface area contributed by atoms with Crippen LogP contribution in [0.25, 0.3) is 10.9 Å². The minimum atomic E-state index is -1.79. The van der Waals surface area contributed by atoms with Gasteiger partial charge >= 0.3 is 11.9 Å². The van der Waals surface area contributed by atoms with Crippen LogP contribution in [0.1, 0.15) is 18.1 Å². The van der Waals surface area contributed by atoms with Gasteiger partial charge in [-0.3, -0.25) is 4.79 Å². The molecule has 1 aromatic heterocycles. The van der Waals surface area contributed by atoms with E-state index in [0.717, 1.165) is 16.5 Å². The van der Waals surface area contributed by atoms with E-state index in [1.54, 1.807) is 30.3 Å². The second-order valence-electron chi connectivity index (χ2n) is 6.25. The number of para-hydroxylation sites is 1. The van der Waals surface area contributed by atoms with Gasteiger partial charge in [0.2, 0.25) is 0 Å². The van der Waals surface area contributed by atoms with Crippen LogP contribution in [0.5, 0.6) is 0 Å². The molecular weight excluding hydrogens is 348 g/mol. The summed E-state index contributed by atoms with van der Waals surface area (Å²) < 4.78 is 0. The number of aromatic amines is 1. The highest BCUT2D eigenvalue weighted by Crippen LogP contribution is 2.20. The zero-order chi connectivity index (χ0) is 20.0. The number of nitrogens with one attached hydrogen (secondary N) is 1. The number of aliphatic carboxylic acids is 2. The van der Waals surface area contributed by atoms with Gasteiger partial charge < -0.3 is 26.0 Å². The SMILES string of the molecule is CC(O)(C(=O)O)c1ccccc1.N[C@@H](Cc1c[nH]c2ccccc12)C(=O)O. The molecule has 0 amide bonds. The third kappa shape index (κ3) is 4.93. The van der Waals surface area contributed by atoms with Crippen molar-refractivity contribution in [2.45, 2.75) is 25.0 Å². The highest BCUT2D eigenvalue weighted by Gasteiger charge is 2.31. The lowest BCUT2D eigenvalue weighted by Crippen LogP contribution is -2.32. The van der Waals surface area contributed by atoms with Crippen molar-refractivity contribution in [2.24, 2.45) is 5.73 Å². The molecule has 1 unspecified atom stereocenters. The van der Waals surface area contributed by atoms with Gasteiger partial charge in [0.25, 0.3) is 0 Å². The minimum Gasteiger partial charge on any atom is -0.480 e. The summed E-state index contributed by atoms with van der Waals surface area (Å²) in [5.41, 5.74) is 6.03. The zero-order valence-corrected chi connectivity index (χ0v) is 14.8. The molecule has 0 spiro atoms. The standard InChI is InChI=1S/C11H12N2O2.C9H10O3/c12-9(11(14)15)5-7-6-13-10-4-2-1-3-8(7)10;1-9(12,8(10)11)7-5-3-2-4-6-7/h1-4,6,9,13H,5,12H2,(H,14,15);2-6,12H,1H3,(H,10,11)/t9-;/m0./s1. The lowest BCUT2D eigenvalue weighted by Gasteiger charge is -2.17. The Morgan fingerprint density at radius 3 is 2.26 bits per heavy atom. The summed E-state index contributed by atoms with van der Waals surface area (Å²) in [6.07, 6.45) is 2.16. The van der Waals surface area contributed by atoms with Crippen molar-refractivity contribution in [1.82, 2.24) is 4.98 Å². The summed E-state index contributed by atoms with van der Waals surface area (Å²) in [6.45, 7) is 1.25. The molecule has 142 valence electrons. The Morgan fingerprint density at radius 1 is 1.07 bits per heavy atom. The van der Waals surface area contributed by atoms with Crippen molar-refractivity contribution in [3.8, 4) is 0 Å². The molecule has 0 saturated carbocycles. The van der Waals surface area contributed by atoms with Crippen molar-refractivity contribution in [2.75, 3.05) is 0 Å². The van der Waals surface area contributed by atoms with Crippen molar-refractivity contribution in [3.05, 3.63) is 71.9 Å². The van der Waals surface area contributed by atoms with E-state index in [2.05, 4.69) is 4.98 Å². The molecule has 0 saturated heterocycles. The van der Waals surface area contributed by atoms with Gasteiger partial charge in [0.05, 0.1) is 0 Å². The smallest absolute Gasteiger partial charge is 0.340 e. The number of benzene rings is 2. The van der Waals surface area contributed by atoms with E-state index in [9.17, 15) is 14.7 Å². The van der Waals surface area contributed by atoms with Crippen LogP contribution in [-0.2, 0) is 21.6 Å². The molecule has 3 aromatic rings. The fraction of sp³-hybridized carbons (Fsp3) is 0.200. The number of H-pyrrole nitrogens is 1. The Balaban J connectivity index is 0.000000199. The first kappa shape index (κ1) is 20.2. The normalized spacial score (nSPS) is 13.9. The van der Waals surface area contributed by atoms with Gasteiger partial charge in [-0.05, 0) is 24.1 Å². The van der Waals surface area contributed by atoms with Crippen LogP contribution >= 0.6 is 0 Å². The monoisotopic (exact) mass is 370 g/mol. The first-order valence-corrected chi connectivity index (χ1v) is 8.28. The van der Waals surface area contributed by atoms with E-state index in [0.29, 0.717) is 12.0 Å². The Kier molecular flexibility index (Phi) is 6.33. The molecule has 0 fully saturated rings. The van der Waals surface area contributed by atoms with Crippen LogP contribution in [0.4, 0.5) is 0 Å². The van der Waals surface area contributed by atoms with E-state index in [4.69, 9.17) is 15.9 Å². The molecule has 2 atom stereocenters. The van der Waals surface area contributed by atoms with E-state index < -0.39 is 23.6 Å². The Hall–Kier alpha value is -3.16. The van der Waals surface area contributed by atoms with Crippen molar-refractivity contribution in [3.63, 3.8) is 0 Å². The Morgan fingerprint density at radius 2 is 1.67 bits per heavy atom. The molecule has 0 aliphatic carbocycles. The van der Waals surface area contributed by atoms with Gasteiger partial charge in [-0.25, -0.2) is 4.79 Å². The van der Waals surface area contributed by atoms with Crippen molar-refractivity contribution in [1.29, 1.82) is 0 Å². The van der Waals surface area contributed by atoms with E-state index in [1.165, 1.54) is 6.92 Å². The van der Waals surface area contributed by atoms with Gasteiger partial charge in [0.15, 0.2) is 5.60 Å². The van der Waals surface area contributed by atoms with E-state index >= 15 is 0 Å². The van der Waals surface area contributed by atoms with E-state index in [-0.39, 0.29) is 0 Å². The fourth-order valence-electron chi connectivity index (χ4n) is 2.51. The third-order valence-electron chi connectivity index (χ3n) is 4.18. The molecule has 2 aromatic carbocycles. The number of fused-ring (bicyclic) bond motifs is 1. The summed E-state index contributed by atoms with van der Waals surface area (Å²) in [7, 11) is 0. The molecule has 0 bridgehead atoms. The number of hydrogen-bond acceptors (Lipinski definition) is 4. The number of aromatic nitrogens is 1. The molecule has 6 N–H and O–H groups in total. The van der Waals surface area contributed by atoms with Crippen LogP contribution in [0, 0.1) is 0 Å². The highest BCUT2D eigenvalue weighted by molar-refractivity contribution is 5.84. The molecule has 0 aliphatic heterocycles. The Bertz CT molecular complexity index is 918. The zero-order valence-electron chi connectivity index (χ0n) is 14.8. The maximum atomic E-state index is 10.6. The number of hydrogen-bond donors (Lipinski definition) is 5. The van der Waals surface area contributed by atoms with Crippen LogP contribution in [0.15, 0.2) is 60.8 Å². The maximum Gasteiger partial charge on any atom is 0.340 e. The van der Waals surface area contributed by atoms with Gasteiger partial charge in [-0.2, -0.15) is 0 Å². The number of aliphatic hydroxyl groups is 1. The number of carboxylic acid groups (broad SMARTS) is 2. The summed E-state index contributed by atoms with van der Waals surface area (Å²) in [4.78, 5) is 24.3. The van der Waals surface area contributed by atoms with Crippen LogP contribution in [-0.4, -0.2) is 38.3 Å². The topological polar surface area (TPSA) is 137 Å². The highest BCUT2D eigenvalue weighted by atomic mass is 16.4. The second-order valence-corrected chi connectivity index (χ2v) is 6.25. The molecule has 1 heterocycles. The lowest BCUT2D eigenvalue weighted by atomic mass is 9.97. The average molecular weight is 370 g/mol. The number of rotatable bonds is 5. The van der Waals surface area contributed by atoms with Crippen LogP contribution < -0.4 is 5.73 Å². The summed E-state index contributed by atoms with van der Waals surface area (Å²) in [6, 6.07) is 15.2. The maximum absolute atomic E-state index is 10.6. The molecule has 27 heavy (non-hydrogen) atoms. The molecule has 3 rings (SSSR count). The van der Waals surface area contributed by atoms with Crippen LogP contribution in [0.2, 0.25) is 0 Å². The molecule has 0 radical (unpaired) electrons. The molecule has 7 nitrogen and oxygen atoms in total. The Labute approximate surface area is 156 Å². The van der Waals surface area contributed by atoms with Gasteiger partial charge in [-0.1, -0.05) is 48.5 Å². The van der Waals surface area contributed by atoms with Gasteiger partial charge in [0, 0.05) is 23.5 Å². The number of nitrogens with two attached hydrogens (primary N) is 1. The predicted molar refractivity (Wildman–Crippen MR) is 101 cm³/mol. The minimum absolute atomic E-state index is 0.347. The molecule has 0 aliphatic rings. The summed E-state index contributed by atoms with van der Waals surface area (Å²) in [5.74, 6) is -2.21. The fourth-order valence-corrected chi connectivity index (χ4v) is 2.51. The summed E-state index contributed by atoms with van der Waals surface area (Å²) >= 11 is 0. The first-order valence-electron chi connectivity index (χ1n) is 8.28. The quantitative estimate of drug-likeness (QED) is 0.466. The average Bonchev–Trinajstić information content (AvgIpc) is 3.06. The van der Waals surface area contributed by atoms with Gasteiger partial charge in [0.1, 0.15) is 6.04 Å². The van der Waals surface area contributed by atoms with Crippen LogP contribution in [0.3, 0.4) is 0 Å². The third-order valence-corrected chi connectivity index (χ3v) is 4.18. The molecule has 7 heteroatoms. The largest absolute Gasteiger partial charge is 0.480 e. The lowest BCUT2D eigenvalue weighted by molar-refractivity contribution is -0.157. The number of carbonyl (C=O) groups is 2. The second kappa shape index (κ2) is 8.48. The first-order chi connectivity index (χ1) is 12.7. The van der Waals surface area contributed by atoms with Crippen molar-refractivity contribution < 1.29 is 24.9 Å². The summed E-state index contributed by atoms with van der Waals surface area (Å²) in [5, 5.41) is 27.9. The van der Waals surface area contributed by atoms with Crippen molar-refractivity contribution >= 4 is 22.8 Å². The molecular formula is C20H22N2O5. The number of carboxylic acids is 2.